The Bertz CT molecular complexity index is 1190. The lowest BCUT2D eigenvalue weighted by Crippen LogP contribution is -2.87. The number of rotatable bonds is 4. The van der Waals surface area contributed by atoms with Gasteiger partial charge in [0.05, 0.1) is 31.6 Å². The fourth-order valence-electron chi connectivity index (χ4n) is 4.68. The van der Waals surface area contributed by atoms with Gasteiger partial charge in [0.1, 0.15) is 5.75 Å². The monoisotopic (exact) mass is 387 g/mol. The molecule has 0 saturated carbocycles. The summed E-state index contributed by atoms with van der Waals surface area (Å²) in [5.74, 6) is 0.911. The molecule has 3 N–H and O–H groups in total. The average molecular weight is 388 g/mol. The molecule has 0 radical (unpaired) electrons. The number of H-pyrrole nitrogens is 1. The lowest BCUT2D eigenvalue weighted by atomic mass is 9.93. The van der Waals surface area contributed by atoms with Crippen molar-refractivity contribution in [2.24, 2.45) is 0 Å². The van der Waals surface area contributed by atoms with E-state index in [1.807, 2.05) is 6.92 Å². The number of para-hydroxylation sites is 1. The van der Waals surface area contributed by atoms with E-state index >= 15 is 0 Å². The second-order valence-corrected chi connectivity index (χ2v) is 7.97. The first-order valence-corrected chi connectivity index (χ1v) is 10.2. The van der Waals surface area contributed by atoms with Crippen molar-refractivity contribution in [3.05, 3.63) is 82.3 Å². The second kappa shape index (κ2) is 7.08. The van der Waals surface area contributed by atoms with Crippen molar-refractivity contribution in [1.82, 2.24) is 14.8 Å². The van der Waals surface area contributed by atoms with Crippen molar-refractivity contribution in [2.45, 2.75) is 32.9 Å². The van der Waals surface area contributed by atoms with E-state index in [2.05, 4.69) is 75.5 Å². The third-order valence-electron chi connectivity index (χ3n) is 6.04. The summed E-state index contributed by atoms with van der Waals surface area (Å²) in [6, 6.07) is 17.6. The van der Waals surface area contributed by atoms with E-state index < -0.39 is 0 Å². The Morgan fingerprint density at radius 3 is 2.83 bits per heavy atom. The van der Waals surface area contributed by atoms with Gasteiger partial charge in [0.15, 0.2) is 6.04 Å². The number of aromatic amines is 1. The van der Waals surface area contributed by atoms with E-state index in [0.717, 1.165) is 35.7 Å². The maximum absolute atomic E-state index is 5.66. The largest absolute Gasteiger partial charge is 0.496 e. The van der Waals surface area contributed by atoms with Crippen molar-refractivity contribution in [2.75, 3.05) is 13.7 Å². The number of aromatic nitrogens is 3. The minimum Gasteiger partial charge on any atom is -0.496 e. The van der Waals surface area contributed by atoms with Gasteiger partial charge in [-0.25, -0.2) is 0 Å². The Kier molecular flexibility index (Phi) is 4.40. The molecule has 4 aromatic rings. The zero-order valence-electron chi connectivity index (χ0n) is 17.2. The number of hydrogen-bond acceptors (Lipinski definition) is 2. The van der Waals surface area contributed by atoms with Crippen LogP contribution >= 0.6 is 0 Å². The van der Waals surface area contributed by atoms with Gasteiger partial charge in [0, 0.05) is 34.1 Å². The zero-order valence-corrected chi connectivity index (χ0v) is 17.2. The van der Waals surface area contributed by atoms with Crippen LogP contribution in [0.25, 0.3) is 10.9 Å². The number of nitrogens with one attached hydrogen (secondary N) is 1. The van der Waals surface area contributed by atoms with Crippen LogP contribution in [0.2, 0.25) is 0 Å². The molecule has 2 aromatic carbocycles. The molecule has 1 atom stereocenters. The van der Waals surface area contributed by atoms with Gasteiger partial charge in [-0.1, -0.05) is 18.2 Å². The molecule has 0 amide bonds. The van der Waals surface area contributed by atoms with Gasteiger partial charge in [-0.15, -0.1) is 0 Å². The lowest BCUT2D eigenvalue weighted by molar-refractivity contribution is -0.690. The van der Waals surface area contributed by atoms with E-state index in [1.54, 1.807) is 7.11 Å². The standard InChI is InChI=1S/C24H26N4O/c1-15-12-16(2)28(27-15)14-18-13-17(8-9-22(18)29-3)23-24-20(10-11-25-23)19-6-4-5-7-21(19)26-24/h4-9,12-13,23,25-26H,10-11,14H2,1-3H3/p+1. The molecular formula is C24H27N4O+. The highest BCUT2D eigenvalue weighted by Crippen LogP contribution is 2.32. The minimum atomic E-state index is 0.274. The quantitative estimate of drug-likeness (QED) is 0.565. The summed E-state index contributed by atoms with van der Waals surface area (Å²) in [6.07, 6.45) is 1.10. The highest BCUT2D eigenvalue weighted by Gasteiger charge is 2.29. The van der Waals surface area contributed by atoms with Crippen molar-refractivity contribution in [3.63, 3.8) is 0 Å². The first kappa shape index (κ1) is 18.0. The molecule has 3 heterocycles. The molecule has 5 rings (SSSR count). The van der Waals surface area contributed by atoms with E-state index in [1.165, 1.54) is 27.7 Å². The molecule has 0 bridgehead atoms. The summed E-state index contributed by atoms with van der Waals surface area (Å²) in [6.45, 7) is 5.94. The fourth-order valence-corrected chi connectivity index (χ4v) is 4.68. The van der Waals surface area contributed by atoms with Gasteiger partial charge in [-0.2, -0.15) is 5.10 Å². The molecule has 2 aromatic heterocycles. The summed E-state index contributed by atoms with van der Waals surface area (Å²) >= 11 is 0. The number of nitrogens with two attached hydrogens (primary N) is 1. The highest BCUT2D eigenvalue weighted by atomic mass is 16.5. The van der Waals surface area contributed by atoms with Crippen LogP contribution in [0.5, 0.6) is 5.75 Å². The van der Waals surface area contributed by atoms with E-state index in [0.29, 0.717) is 6.54 Å². The lowest BCUT2D eigenvalue weighted by Gasteiger charge is -2.22. The van der Waals surface area contributed by atoms with Gasteiger partial charge < -0.3 is 15.0 Å². The Hall–Kier alpha value is -3.05. The summed E-state index contributed by atoms with van der Waals surface area (Å²) in [5, 5.41) is 8.43. The maximum Gasteiger partial charge on any atom is 0.153 e. The summed E-state index contributed by atoms with van der Waals surface area (Å²) in [4.78, 5) is 3.69. The smallest absolute Gasteiger partial charge is 0.153 e. The Balaban J connectivity index is 1.56. The van der Waals surface area contributed by atoms with Crippen molar-refractivity contribution < 1.29 is 10.1 Å². The highest BCUT2D eigenvalue weighted by molar-refractivity contribution is 5.85. The molecule has 5 nitrogen and oxygen atoms in total. The van der Waals surface area contributed by atoms with Gasteiger partial charge in [-0.05, 0) is 49.7 Å². The van der Waals surface area contributed by atoms with Crippen molar-refractivity contribution >= 4 is 10.9 Å². The van der Waals surface area contributed by atoms with Crippen molar-refractivity contribution in [1.29, 1.82) is 0 Å². The average Bonchev–Trinajstić information content (AvgIpc) is 3.26. The molecule has 0 aliphatic carbocycles. The van der Waals surface area contributed by atoms with Crippen LogP contribution in [-0.4, -0.2) is 28.4 Å². The van der Waals surface area contributed by atoms with Crippen LogP contribution in [0.3, 0.4) is 0 Å². The van der Waals surface area contributed by atoms with Crippen LogP contribution in [0.4, 0.5) is 0 Å². The minimum absolute atomic E-state index is 0.274. The molecule has 1 aliphatic heterocycles. The Morgan fingerprint density at radius 1 is 1.17 bits per heavy atom. The number of ether oxygens (including phenoxy) is 1. The van der Waals surface area contributed by atoms with E-state index in [-0.39, 0.29) is 6.04 Å². The van der Waals surface area contributed by atoms with Crippen LogP contribution < -0.4 is 10.1 Å². The van der Waals surface area contributed by atoms with Crippen LogP contribution in [-0.2, 0) is 13.0 Å². The molecule has 5 heteroatoms. The van der Waals surface area contributed by atoms with Gasteiger partial charge in [0.2, 0.25) is 0 Å². The van der Waals surface area contributed by atoms with E-state index in [9.17, 15) is 0 Å². The van der Waals surface area contributed by atoms with Gasteiger partial charge >= 0.3 is 0 Å². The van der Waals surface area contributed by atoms with Crippen LogP contribution in [0, 0.1) is 13.8 Å². The SMILES string of the molecule is COc1ccc(C2[NH2+]CCc3c2[nH]c2ccccc32)cc1Cn1nc(C)cc1C. The zero-order chi connectivity index (χ0) is 20.0. The molecule has 29 heavy (non-hydrogen) atoms. The maximum atomic E-state index is 5.66. The number of nitrogens with zero attached hydrogens (tertiary/aromatic N) is 2. The number of quaternary nitrogens is 1. The number of hydrogen-bond donors (Lipinski definition) is 2. The second-order valence-electron chi connectivity index (χ2n) is 7.97. The molecular weight excluding hydrogens is 360 g/mol. The topological polar surface area (TPSA) is 59.4 Å². The normalized spacial score (nSPS) is 16.2. The Morgan fingerprint density at radius 2 is 2.03 bits per heavy atom. The first-order chi connectivity index (χ1) is 14.1. The number of benzene rings is 2. The number of fused-ring (bicyclic) bond motifs is 3. The van der Waals surface area contributed by atoms with Gasteiger partial charge in [-0.3, -0.25) is 4.68 Å². The summed E-state index contributed by atoms with van der Waals surface area (Å²) < 4.78 is 7.72. The van der Waals surface area contributed by atoms with Crippen LogP contribution in [0.15, 0.2) is 48.5 Å². The van der Waals surface area contributed by atoms with Crippen molar-refractivity contribution in [3.8, 4) is 5.75 Å². The molecule has 1 aliphatic rings. The number of aryl methyl sites for hydroxylation is 2. The predicted octanol–water partition coefficient (Wildman–Crippen LogP) is 3.25. The third-order valence-corrected chi connectivity index (χ3v) is 6.04. The third kappa shape index (κ3) is 3.12. The van der Waals surface area contributed by atoms with Crippen LogP contribution in [0.1, 0.15) is 39.8 Å². The Labute approximate surface area is 170 Å². The first-order valence-electron chi connectivity index (χ1n) is 10.2. The predicted molar refractivity (Wildman–Crippen MR) is 114 cm³/mol. The molecule has 148 valence electrons. The van der Waals surface area contributed by atoms with E-state index in [4.69, 9.17) is 4.74 Å². The molecule has 0 fully saturated rings. The summed E-state index contributed by atoms with van der Waals surface area (Å²) in [5.41, 5.74) is 8.69. The summed E-state index contributed by atoms with van der Waals surface area (Å²) in [7, 11) is 1.74. The molecule has 0 saturated heterocycles. The number of methoxy groups -OCH3 is 1. The molecule has 0 spiro atoms. The fraction of sp³-hybridized carbons (Fsp3) is 0.292. The molecule has 1 unspecified atom stereocenters. The van der Waals surface area contributed by atoms with Gasteiger partial charge in [0.25, 0.3) is 0 Å².